The van der Waals surface area contributed by atoms with Crippen LogP contribution in [0.4, 0.5) is 0 Å². The molecule has 0 radical (unpaired) electrons. The Bertz CT molecular complexity index is 594. The smallest absolute Gasteiger partial charge is 0.225 e. The molecule has 2 atom stereocenters. The molecule has 0 bridgehead atoms. The number of amides is 2. The largest absolute Gasteiger partial charge is 0.351 e. The van der Waals surface area contributed by atoms with Gasteiger partial charge in [0.05, 0.1) is 6.54 Å². The van der Waals surface area contributed by atoms with Gasteiger partial charge in [-0.25, -0.2) is 0 Å². The molecule has 0 aromatic carbocycles. The molecule has 2 heterocycles. The van der Waals surface area contributed by atoms with E-state index in [0.29, 0.717) is 12.5 Å². The van der Waals surface area contributed by atoms with Crippen LogP contribution in [-0.4, -0.2) is 29.8 Å². The van der Waals surface area contributed by atoms with Gasteiger partial charge >= 0.3 is 0 Å². The summed E-state index contributed by atoms with van der Waals surface area (Å²) in [5.74, 6) is 0.899. The zero-order valence-corrected chi connectivity index (χ0v) is 14.2. The summed E-state index contributed by atoms with van der Waals surface area (Å²) < 4.78 is 0. The first-order chi connectivity index (χ1) is 11.2. The van der Waals surface area contributed by atoms with Gasteiger partial charge in [0.1, 0.15) is 0 Å². The summed E-state index contributed by atoms with van der Waals surface area (Å²) in [6, 6.07) is 4.05. The van der Waals surface area contributed by atoms with Crippen LogP contribution in [0, 0.1) is 17.3 Å². The van der Waals surface area contributed by atoms with Crippen LogP contribution in [0.2, 0.25) is 0 Å². The highest BCUT2D eigenvalue weighted by atomic mass is 32.1. The van der Waals surface area contributed by atoms with Crippen LogP contribution in [0.25, 0.3) is 0 Å². The van der Waals surface area contributed by atoms with Gasteiger partial charge in [0.15, 0.2) is 0 Å². The third kappa shape index (κ3) is 2.91. The summed E-state index contributed by atoms with van der Waals surface area (Å²) >= 11 is 1.67. The first-order valence-electron chi connectivity index (χ1n) is 8.77. The Labute approximate surface area is 141 Å². The highest BCUT2D eigenvalue weighted by Crippen LogP contribution is 2.58. The third-order valence-electron chi connectivity index (χ3n) is 5.92. The molecule has 1 saturated heterocycles. The molecule has 2 amide bonds. The molecule has 3 fully saturated rings. The maximum Gasteiger partial charge on any atom is 0.225 e. The minimum Gasteiger partial charge on any atom is -0.351 e. The summed E-state index contributed by atoms with van der Waals surface area (Å²) in [6.07, 6.45) is 6.48. The topological polar surface area (TPSA) is 49.4 Å². The summed E-state index contributed by atoms with van der Waals surface area (Å²) in [7, 11) is 0. The van der Waals surface area contributed by atoms with E-state index < -0.39 is 0 Å². The van der Waals surface area contributed by atoms with Crippen molar-refractivity contribution in [1.82, 2.24) is 10.2 Å². The van der Waals surface area contributed by atoms with E-state index in [4.69, 9.17) is 0 Å². The minimum atomic E-state index is 0.0911. The van der Waals surface area contributed by atoms with Crippen molar-refractivity contribution in [2.24, 2.45) is 17.3 Å². The van der Waals surface area contributed by atoms with Crippen molar-refractivity contribution in [1.29, 1.82) is 0 Å². The first-order valence-corrected chi connectivity index (χ1v) is 9.65. The molecule has 1 N–H and O–H groups in total. The highest BCUT2D eigenvalue weighted by molar-refractivity contribution is 7.09. The quantitative estimate of drug-likeness (QED) is 0.922. The third-order valence-corrected chi connectivity index (χ3v) is 6.80. The monoisotopic (exact) mass is 332 g/mol. The van der Waals surface area contributed by atoms with E-state index in [1.54, 1.807) is 11.3 Å². The average molecular weight is 332 g/mol. The van der Waals surface area contributed by atoms with Crippen LogP contribution in [0.5, 0.6) is 0 Å². The number of carbonyl (C=O) groups is 2. The number of nitrogens with one attached hydrogen (secondary N) is 1. The molecule has 1 aliphatic heterocycles. The van der Waals surface area contributed by atoms with E-state index in [1.807, 2.05) is 22.4 Å². The fraction of sp³-hybridized carbons (Fsp3) is 0.667. The Morgan fingerprint density at radius 1 is 1.35 bits per heavy atom. The van der Waals surface area contributed by atoms with E-state index in [1.165, 1.54) is 17.7 Å². The fourth-order valence-corrected chi connectivity index (χ4v) is 5.04. The fourth-order valence-electron chi connectivity index (χ4n) is 4.39. The molecule has 124 valence electrons. The van der Waals surface area contributed by atoms with E-state index in [2.05, 4.69) is 5.32 Å². The van der Waals surface area contributed by atoms with Crippen molar-refractivity contribution < 1.29 is 9.59 Å². The lowest BCUT2D eigenvalue weighted by atomic mass is 10.0. The zero-order chi connectivity index (χ0) is 15.9. The lowest BCUT2D eigenvalue weighted by molar-refractivity contribution is -0.134. The highest BCUT2D eigenvalue weighted by Gasteiger charge is 2.61. The van der Waals surface area contributed by atoms with Gasteiger partial charge in [-0.1, -0.05) is 18.9 Å². The molecule has 1 spiro atoms. The second-order valence-electron chi connectivity index (χ2n) is 7.41. The number of thiophene rings is 1. The van der Waals surface area contributed by atoms with Crippen molar-refractivity contribution in [3.05, 3.63) is 22.4 Å². The van der Waals surface area contributed by atoms with E-state index in [-0.39, 0.29) is 23.2 Å². The first kappa shape index (κ1) is 15.2. The molecule has 1 aromatic rings. The van der Waals surface area contributed by atoms with Crippen molar-refractivity contribution in [3.63, 3.8) is 0 Å². The van der Waals surface area contributed by atoms with Gasteiger partial charge in [-0.05, 0) is 37.1 Å². The summed E-state index contributed by atoms with van der Waals surface area (Å²) in [5.41, 5.74) is 0.0911. The van der Waals surface area contributed by atoms with Crippen molar-refractivity contribution in [2.75, 3.05) is 13.1 Å². The molecule has 4 nitrogen and oxygen atoms in total. The maximum atomic E-state index is 12.5. The lowest BCUT2D eigenvalue weighted by Gasteiger charge is -2.20. The lowest BCUT2D eigenvalue weighted by Crippen LogP contribution is -2.34. The van der Waals surface area contributed by atoms with E-state index >= 15 is 0 Å². The van der Waals surface area contributed by atoms with Crippen LogP contribution in [0.15, 0.2) is 17.5 Å². The van der Waals surface area contributed by atoms with Crippen LogP contribution < -0.4 is 5.32 Å². The zero-order valence-electron chi connectivity index (χ0n) is 13.4. The Balaban J connectivity index is 1.29. The average Bonchev–Trinajstić information content (AvgIpc) is 3.07. The van der Waals surface area contributed by atoms with Gasteiger partial charge in [-0.3, -0.25) is 9.59 Å². The van der Waals surface area contributed by atoms with Gasteiger partial charge in [0.2, 0.25) is 11.8 Å². The van der Waals surface area contributed by atoms with Crippen LogP contribution >= 0.6 is 11.3 Å². The Morgan fingerprint density at radius 2 is 2.17 bits per heavy atom. The molecular formula is C18H24N2O2S. The number of rotatable bonds is 4. The second-order valence-corrected chi connectivity index (χ2v) is 8.44. The number of hydrogen-bond donors (Lipinski definition) is 1. The standard InChI is InChI=1S/C18H24N2O2S/c21-16(19-11-14-6-3-9-23-14)15-10-18(15)7-8-20(12-18)17(22)13-4-1-2-5-13/h3,6,9,13,15H,1-2,4-5,7-8,10-12H2,(H,19,21). The Hall–Kier alpha value is -1.36. The number of nitrogens with zero attached hydrogens (tertiary/aromatic N) is 1. The van der Waals surface area contributed by atoms with Crippen LogP contribution in [0.1, 0.15) is 43.4 Å². The molecule has 23 heavy (non-hydrogen) atoms. The van der Waals surface area contributed by atoms with Crippen molar-refractivity contribution >= 4 is 23.2 Å². The van der Waals surface area contributed by atoms with E-state index in [9.17, 15) is 9.59 Å². The number of carbonyl (C=O) groups excluding carboxylic acids is 2. The Kier molecular flexibility index (Phi) is 3.92. The second kappa shape index (κ2) is 5.93. The molecule has 1 aromatic heterocycles. The summed E-state index contributed by atoms with van der Waals surface area (Å²) in [4.78, 5) is 28.2. The Morgan fingerprint density at radius 3 is 2.91 bits per heavy atom. The van der Waals surface area contributed by atoms with Crippen LogP contribution in [0.3, 0.4) is 0 Å². The predicted octanol–water partition coefficient (Wildman–Crippen LogP) is 2.79. The molecule has 5 heteroatoms. The SMILES string of the molecule is O=C(NCc1cccs1)C1CC12CCN(C(=O)C1CCCC1)C2. The van der Waals surface area contributed by atoms with Gasteiger partial charge < -0.3 is 10.2 Å². The normalized spacial score (nSPS) is 30.1. The summed E-state index contributed by atoms with van der Waals surface area (Å²) in [5, 5.41) is 5.10. The summed E-state index contributed by atoms with van der Waals surface area (Å²) in [6.45, 7) is 2.29. The van der Waals surface area contributed by atoms with Crippen LogP contribution in [-0.2, 0) is 16.1 Å². The minimum absolute atomic E-state index is 0.0911. The predicted molar refractivity (Wildman–Crippen MR) is 89.9 cm³/mol. The maximum absolute atomic E-state index is 12.5. The molecular weight excluding hydrogens is 308 g/mol. The molecule has 2 unspecified atom stereocenters. The van der Waals surface area contributed by atoms with Crippen molar-refractivity contribution in [2.45, 2.75) is 45.1 Å². The number of likely N-dealkylation sites (tertiary alicyclic amines) is 1. The molecule has 4 rings (SSSR count). The van der Waals surface area contributed by atoms with Gasteiger partial charge in [0, 0.05) is 35.2 Å². The van der Waals surface area contributed by atoms with Crippen molar-refractivity contribution in [3.8, 4) is 0 Å². The molecule has 2 aliphatic carbocycles. The molecule has 2 saturated carbocycles. The molecule has 3 aliphatic rings. The van der Waals surface area contributed by atoms with Gasteiger partial charge in [-0.2, -0.15) is 0 Å². The van der Waals surface area contributed by atoms with E-state index in [0.717, 1.165) is 38.8 Å². The van der Waals surface area contributed by atoms with Gasteiger partial charge in [-0.15, -0.1) is 11.3 Å². The number of hydrogen-bond acceptors (Lipinski definition) is 3. The van der Waals surface area contributed by atoms with Gasteiger partial charge in [0.25, 0.3) is 0 Å².